The van der Waals surface area contributed by atoms with E-state index in [1.54, 1.807) is 0 Å². The lowest BCUT2D eigenvalue weighted by Gasteiger charge is -2.31. The highest BCUT2D eigenvalue weighted by Crippen LogP contribution is 2.34. The zero-order valence-electron chi connectivity index (χ0n) is 18.8. The Morgan fingerprint density at radius 2 is 1.39 bits per heavy atom. The molecule has 0 amide bonds. The Hall–Kier alpha value is -3.68. The minimum absolute atomic E-state index is 0.136. The van der Waals surface area contributed by atoms with Crippen LogP contribution < -0.4 is 14.4 Å². The number of aliphatic hydroxyl groups is 1. The molecule has 0 bridgehead atoms. The molecule has 0 aromatic heterocycles. The zero-order chi connectivity index (χ0) is 28.3. The summed E-state index contributed by atoms with van der Waals surface area (Å²) < 4.78 is 141. The van der Waals surface area contributed by atoms with E-state index >= 15 is 0 Å². The summed E-state index contributed by atoms with van der Waals surface area (Å²) in [5.41, 5.74) is -2.11. The number of nitrogens with zero attached hydrogens (tertiary/aromatic N) is 1. The van der Waals surface area contributed by atoms with Gasteiger partial charge in [-0.3, -0.25) is 0 Å². The van der Waals surface area contributed by atoms with Crippen LogP contribution in [0.5, 0.6) is 17.2 Å². The van der Waals surface area contributed by atoms with Gasteiger partial charge in [0.15, 0.2) is 6.10 Å². The summed E-state index contributed by atoms with van der Waals surface area (Å²) in [6.07, 6.45) is -19.2. The van der Waals surface area contributed by atoms with Crippen molar-refractivity contribution in [1.82, 2.24) is 0 Å². The molecule has 0 aliphatic heterocycles. The predicted octanol–water partition coefficient (Wildman–Crippen LogP) is 7.46. The molecule has 0 aliphatic rings. The molecule has 206 valence electrons. The summed E-state index contributed by atoms with van der Waals surface area (Å²) >= 11 is 0. The molecule has 0 heterocycles. The lowest BCUT2D eigenvalue weighted by molar-refractivity contribution is -0.274. The number of benzene rings is 3. The van der Waals surface area contributed by atoms with Crippen molar-refractivity contribution in [2.75, 3.05) is 4.90 Å². The second kappa shape index (κ2) is 11.4. The van der Waals surface area contributed by atoms with Crippen molar-refractivity contribution in [3.63, 3.8) is 0 Å². The Morgan fingerprint density at radius 3 is 1.97 bits per heavy atom. The Kier molecular flexibility index (Phi) is 8.65. The van der Waals surface area contributed by atoms with Crippen LogP contribution >= 0.6 is 0 Å². The Balaban J connectivity index is 1.93. The molecule has 0 saturated carbocycles. The predicted molar refractivity (Wildman–Crippen MR) is 114 cm³/mol. The Labute approximate surface area is 208 Å². The molecule has 2 atom stereocenters. The molecule has 0 aliphatic carbocycles. The second-order valence-electron chi connectivity index (χ2n) is 7.75. The van der Waals surface area contributed by atoms with Crippen molar-refractivity contribution >= 4 is 5.69 Å². The van der Waals surface area contributed by atoms with Crippen molar-refractivity contribution in [2.45, 2.75) is 37.9 Å². The van der Waals surface area contributed by atoms with E-state index in [2.05, 4.69) is 4.74 Å². The van der Waals surface area contributed by atoms with Crippen LogP contribution in [0.1, 0.15) is 11.1 Å². The van der Waals surface area contributed by atoms with Crippen LogP contribution in [0.2, 0.25) is 0 Å². The van der Waals surface area contributed by atoms with E-state index in [1.807, 2.05) is 0 Å². The van der Waals surface area contributed by atoms with Gasteiger partial charge in [-0.15, -0.1) is 13.2 Å². The van der Waals surface area contributed by atoms with E-state index in [4.69, 9.17) is 4.74 Å². The van der Waals surface area contributed by atoms with Gasteiger partial charge in [0.25, 0.3) is 6.43 Å². The topological polar surface area (TPSA) is 41.9 Å². The first kappa shape index (κ1) is 28.9. The second-order valence-corrected chi connectivity index (χ2v) is 7.75. The van der Waals surface area contributed by atoms with Gasteiger partial charge in [-0.05, 0) is 36.4 Å². The van der Waals surface area contributed by atoms with Crippen LogP contribution in [0.25, 0.3) is 0 Å². The average molecular weight is 557 g/mol. The third kappa shape index (κ3) is 7.66. The van der Waals surface area contributed by atoms with Crippen LogP contribution in [0, 0.1) is 5.82 Å². The third-order valence-corrected chi connectivity index (χ3v) is 4.98. The summed E-state index contributed by atoms with van der Waals surface area (Å²) in [6.45, 7) is -0.882. The van der Waals surface area contributed by atoms with Gasteiger partial charge in [-0.25, -0.2) is 17.6 Å². The first-order chi connectivity index (χ1) is 17.6. The number of hydrogen-bond acceptors (Lipinski definition) is 4. The minimum atomic E-state index is -4.98. The van der Waals surface area contributed by atoms with Crippen molar-refractivity contribution < 1.29 is 58.5 Å². The summed E-state index contributed by atoms with van der Waals surface area (Å²) in [4.78, 5) is 0.471. The first-order valence-electron chi connectivity index (χ1n) is 10.5. The molecular formula is C24H17F10NO3. The molecule has 3 aromatic rings. The average Bonchev–Trinajstić information content (AvgIpc) is 2.81. The molecule has 0 spiro atoms. The summed E-state index contributed by atoms with van der Waals surface area (Å²) in [5, 5.41) is 9.61. The van der Waals surface area contributed by atoms with Gasteiger partial charge >= 0.3 is 12.5 Å². The van der Waals surface area contributed by atoms with Gasteiger partial charge in [-0.1, -0.05) is 18.2 Å². The standard InChI is InChI=1S/C24H17F10NO3/c25-19-9-14(23(29,30)31)8-7-13(19)12-35(22(28)20(36)21(26)27)15-3-1-4-16(10-15)37-17-5-2-6-18(11-17)38-24(32,33)34/h1-11,20-22,36H,12H2. The van der Waals surface area contributed by atoms with Crippen molar-refractivity contribution in [2.24, 2.45) is 0 Å². The maximum atomic E-state index is 15.0. The van der Waals surface area contributed by atoms with Gasteiger partial charge in [0, 0.05) is 29.9 Å². The monoisotopic (exact) mass is 557 g/mol. The Morgan fingerprint density at radius 1 is 0.789 bits per heavy atom. The van der Waals surface area contributed by atoms with E-state index in [0.717, 1.165) is 24.3 Å². The lowest BCUT2D eigenvalue weighted by atomic mass is 10.1. The van der Waals surface area contributed by atoms with Gasteiger partial charge in [0.1, 0.15) is 23.1 Å². The number of anilines is 1. The molecule has 3 aromatic carbocycles. The van der Waals surface area contributed by atoms with Gasteiger partial charge in [0.05, 0.1) is 5.56 Å². The maximum absolute atomic E-state index is 15.0. The SMILES string of the molecule is OC(C(F)F)C(F)N(Cc1ccc(C(F)(F)F)cc1F)c1cccc(Oc2cccc(OC(F)(F)F)c2)c1. The van der Waals surface area contributed by atoms with Crippen LogP contribution in [0.15, 0.2) is 66.7 Å². The highest BCUT2D eigenvalue weighted by Gasteiger charge is 2.35. The highest BCUT2D eigenvalue weighted by atomic mass is 19.4. The first-order valence-corrected chi connectivity index (χ1v) is 10.5. The van der Waals surface area contributed by atoms with Crippen LogP contribution in [0.4, 0.5) is 49.6 Å². The molecule has 0 fully saturated rings. The number of aliphatic hydroxyl groups excluding tert-OH is 1. The number of ether oxygens (including phenoxy) is 2. The van der Waals surface area contributed by atoms with E-state index in [-0.39, 0.29) is 23.3 Å². The van der Waals surface area contributed by atoms with Crippen molar-refractivity contribution in [3.8, 4) is 17.2 Å². The van der Waals surface area contributed by atoms with Crippen LogP contribution in [-0.4, -0.2) is 30.3 Å². The van der Waals surface area contributed by atoms with E-state index in [1.165, 1.54) is 24.3 Å². The largest absolute Gasteiger partial charge is 0.573 e. The Bertz CT molecular complexity index is 1230. The number of rotatable bonds is 9. The maximum Gasteiger partial charge on any atom is 0.573 e. The van der Waals surface area contributed by atoms with Crippen molar-refractivity contribution in [3.05, 3.63) is 83.7 Å². The zero-order valence-corrected chi connectivity index (χ0v) is 18.8. The van der Waals surface area contributed by atoms with Gasteiger partial charge < -0.3 is 19.5 Å². The molecule has 1 N–H and O–H groups in total. The van der Waals surface area contributed by atoms with E-state index < -0.39 is 60.6 Å². The van der Waals surface area contributed by atoms with Crippen LogP contribution in [0.3, 0.4) is 0 Å². The fourth-order valence-electron chi connectivity index (χ4n) is 3.26. The van der Waals surface area contributed by atoms with E-state index in [0.29, 0.717) is 17.0 Å². The number of hydrogen-bond donors (Lipinski definition) is 1. The molecule has 3 rings (SSSR count). The molecule has 14 heteroatoms. The van der Waals surface area contributed by atoms with E-state index in [9.17, 15) is 49.0 Å². The number of halogens is 10. The fraction of sp³-hybridized carbons (Fsp3) is 0.250. The fourth-order valence-corrected chi connectivity index (χ4v) is 3.26. The quantitative estimate of drug-likeness (QED) is 0.219. The van der Waals surface area contributed by atoms with Gasteiger partial charge in [0.2, 0.25) is 6.30 Å². The molecule has 2 unspecified atom stereocenters. The lowest BCUT2D eigenvalue weighted by Crippen LogP contribution is -2.44. The molecule has 4 nitrogen and oxygen atoms in total. The van der Waals surface area contributed by atoms with Crippen molar-refractivity contribution in [1.29, 1.82) is 0 Å². The molecular weight excluding hydrogens is 540 g/mol. The molecule has 0 radical (unpaired) electrons. The summed E-state index contributed by atoms with van der Waals surface area (Å²) in [6, 6.07) is 10.4. The molecule has 0 saturated heterocycles. The van der Waals surface area contributed by atoms with Crippen LogP contribution in [-0.2, 0) is 12.7 Å². The molecule has 38 heavy (non-hydrogen) atoms. The highest BCUT2D eigenvalue weighted by molar-refractivity contribution is 5.53. The smallest absolute Gasteiger partial charge is 0.457 e. The summed E-state index contributed by atoms with van der Waals surface area (Å²) in [7, 11) is 0. The minimum Gasteiger partial charge on any atom is -0.457 e. The summed E-state index contributed by atoms with van der Waals surface area (Å²) in [5.74, 6) is -2.32. The normalized spacial score (nSPS) is 13.8. The third-order valence-electron chi connectivity index (χ3n) is 4.98. The van der Waals surface area contributed by atoms with Gasteiger partial charge in [-0.2, -0.15) is 13.2 Å². The number of alkyl halides is 9.